The Labute approximate surface area is 230 Å². The maximum absolute atomic E-state index is 13.7. The third kappa shape index (κ3) is 5.42. The zero-order valence-electron chi connectivity index (χ0n) is 21.0. The zero-order chi connectivity index (χ0) is 29.6. The number of ether oxygens (including phenoxy) is 4. The molecule has 2 aliphatic rings. The molecule has 0 spiro atoms. The van der Waals surface area contributed by atoms with Crippen molar-refractivity contribution in [3.05, 3.63) is 46.6 Å². The highest BCUT2D eigenvalue weighted by molar-refractivity contribution is 5.88. The summed E-state index contributed by atoms with van der Waals surface area (Å²) in [5, 5.41) is 90.8. The van der Waals surface area contributed by atoms with Crippen LogP contribution in [0.15, 0.2) is 45.6 Å². The van der Waals surface area contributed by atoms with Crippen molar-refractivity contribution in [1.29, 1.82) is 0 Å². The lowest BCUT2D eigenvalue weighted by atomic mass is 9.98. The molecule has 9 N–H and O–H groups in total. The third-order valence-electron chi connectivity index (χ3n) is 6.85. The van der Waals surface area contributed by atoms with Gasteiger partial charge in [-0.05, 0) is 24.3 Å². The topological polar surface area (TPSA) is 249 Å². The average molecular weight is 580 g/mol. The van der Waals surface area contributed by atoms with E-state index >= 15 is 0 Å². The molecule has 222 valence electrons. The van der Waals surface area contributed by atoms with Crippen molar-refractivity contribution in [1.82, 2.24) is 0 Å². The number of hydrogen-bond acceptors (Lipinski definition) is 15. The van der Waals surface area contributed by atoms with Gasteiger partial charge in [0, 0.05) is 17.7 Å². The molecule has 1 aromatic heterocycles. The first-order chi connectivity index (χ1) is 19.5. The fourth-order valence-electron chi connectivity index (χ4n) is 4.64. The molecule has 2 aliphatic heterocycles. The minimum Gasteiger partial charge on any atom is -0.508 e. The van der Waals surface area contributed by atoms with E-state index in [1.165, 1.54) is 24.3 Å². The monoisotopic (exact) mass is 580 g/mol. The van der Waals surface area contributed by atoms with Crippen LogP contribution in [0.3, 0.4) is 0 Å². The number of aliphatic hydroxyl groups is 6. The maximum Gasteiger partial charge on any atom is 0.239 e. The first-order valence-electron chi connectivity index (χ1n) is 12.4. The van der Waals surface area contributed by atoms with Crippen LogP contribution in [0.4, 0.5) is 0 Å². The van der Waals surface area contributed by atoms with E-state index in [1.54, 1.807) is 0 Å². The molecule has 3 heterocycles. The summed E-state index contributed by atoms with van der Waals surface area (Å²) >= 11 is 0. The molecule has 0 amide bonds. The fourth-order valence-corrected chi connectivity index (χ4v) is 4.64. The molecule has 2 saturated heterocycles. The van der Waals surface area contributed by atoms with Crippen LogP contribution in [0.2, 0.25) is 0 Å². The average Bonchev–Trinajstić information content (AvgIpc) is 2.93. The molecule has 0 aliphatic carbocycles. The molecule has 3 aromatic rings. The highest BCUT2D eigenvalue weighted by Gasteiger charge is 2.50. The molecule has 0 saturated carbocycles. The van der Waals surface area contributed by atoms with Gasteiger partial charge in [0.15, 0.2) is 18.2 Å². The Morgan fingerprint density at radius 2 is 1.56 bits per heavy atom. The van der Waals surface area contributed by atoms with Crippen LogP contribution >= 0.6 is 0 Å². The van der Waals surface area contributed by atoms with Crippen molar-refractivity contribution in [2.45, 2.75) is 55.3 Å². The largest absolute Gasteiger partial charge is 0.508 e. The van der Waals surface area contributed by atoms with Crippen molar-refractivity contribution < 1.29 is 69.3 Å². The van der Waals surface area contributed by atoms with E-state index in [-0.39, 0.29) is 22.7 Å². The Morgan fingerprint density at radius 1 is 0.854 bits per heavy atom. The minimum atomic E-state index is -1.86. The molecule has 15 nitrogen and oxygen atoms in total. The first kappa shape index (κ1) is 29.0. The lowest BCUT2D eigenvalue weighted by Crippen LogP contribution is -2.64. The molecule has 0 unspecified atom stereocenters. The second-order valence-electron chi connectivity index (χ2n) is 9.65. The molecule has 41 heavy (non-hydrogen) atoms. The van der Waals surface area contributed by atoms with Crippen molar-refractivity contribution in [3.8, 4) is 34.3 Å². The number of aliphatic hydroxyl groups excluding tert-OH is 6. The van der Waals surface area contributed by atoms with Gasteiger partial charge >= 0.3 is 0 Å². The van der Waals surface area contributed by atoms with E-state index in [0.29, 0.717) is 0 Å². The van der Waals surface area contributed by atoms with E-state index < -0.39 is 96.6 Å². The van der Waals surface area contributed by atoms with Crippen LogP contribution in [0, 0.1) is 0 Å². The van der Waals surface area contributed by atoms with Crippen LogP contribution in [-0.2, 0) is 14.2 Å². The van der Waals surface area contributed by atoms with Gasteiger partial charge in [-0.15, -0.1) is 0 Å². The van der Waals surface area contributed by atoms with Crippen LogP contribution in [0.5, 0.6) is 23.0 Å². The molecular formula is C26H28O15. The highest BCUT2D eigenvalue weighted by Crippen LogP contribution is 2.38. The second kappa shape index (κ2) is 11.4. The molecule has 0 radical (unpaired) electrons. The Bertz CT molecular complexity index is 1440. The third-order valence-corrected chi connectivity index (χ3v) is 6.85. The molecule has 9 atom stereocenters. The predicted molar refractivity (Wildman–Crippen MR) is 134 cm³/mol. The number of fused-ring (bicyclic) bond motifs is 1. The molecule has 2 aromatic carbocycles. The Hall–Kier alpha value is -3.51. The normalized spacial score (nSPS) is 32.2. The van der Waals surface area contributed by atoms with Crippen LogP contribution in [-0.4, -0.2) is 114 Å². The van der Waals surface area contributed by atoms with Gasteiger partial charge in [-0.25, -0.2) is 0 Å². The highest BCUT2D eigenvalue weighted by atomic mass is 16.8. The second-order valence-corrected chi connectivity index (χ2v) is 9.65. The summed E-state index contributed by atoms with van der Waals surface area (Å²) in [6.07, 6.45) is -15.1. The summed E-state index contributed by atoms with van der Waals surface area (Å²) in [7, 11) is 0. The number of rotatable bonds is 6. The fraction of sp³-hybridized carbons (Fsp3) is 0.423. The van der Waals surface area contributed by atoms with E-state index in [4.69, 9.17) is 23.4 Å². The van der Waals surface area contributed by atoms with Gasteiger partial charge in [0.2, 0.25) is 17.5 Å². The summed E-state index contributed by atoms with van der Waals surface area (Å²) in [6, 6.07) is 7.30. The van der Waals surface area contributed by atoms with Crippen molar-refractivity contribution >= 4 is 11.0 Å². The van der Waals surface area contributed by atoms with E-state index in [9.17, 15) is 50.8 Å². The number of phenols is 3. The summed E-state index contributed by atoms with van der Waals surface area (Å²) in [6.45, 7) is -1.25. The van der Waals surface area contributed by atoms with Crippen molar-refractivity contribution in [2.24, 2.45) is 0 Å². The molecule has 5 rings (SSSR count). The van der Waals surface area contributed by atoms with Crippen LogP contribution in [0.1, 0.15) is 0 Å². The van der Waals surface area contributed by atoms with Crippen LogP contribution < -0.4 is 10.2 Å². The number of benzene rings is 2. The minimum absolute atomic E-state index is 0.111. The Kier molecular flexibility index (Phi) is 8.06. The van der Waals surface area contributed by atoms with Crippen molar-refractivity contribution in [2.75, 3.05) is 13.2 Å². The SMILES string of the molecule is O=c1c(O[C@H]2O[C@@H](CO)[C@H](O)[C@@H](O)[C@@H]2O[C@@H]2OC[C@@H](O)[C@H](O)[C@H]2O)c(-c2ccc(O)cc2)oc2cc(O)cc(O)c12. The number of hydrogen-bond donors (Lipinski definition) is 9. The predicted octanol–water partition coefficient (Wildman–Crippen LogP) is -1.78. The Morgan fingerprint density at radius 3 is 2.24 bits per heavy atom. The van der Waals surface area contributed by atoms with E-state index in [1.807, 2.05) is 0 Å². The molecule has 0 bridgehead atoms. The lowest BCUT2D eigenvalue weighted by Gasteiger charge is -2.44. The number of phenolic OH excluding ortho intramolecular Hbond substituents is 3. The van der Waals surface area contributed by atoms with Gasteiger partial charge in [-0.3, -0.25) is 4.79 Å². The van der Waals surface area contributed by atoms with E-state index in [2.05, 4.69) is 0 Å². The van der Waals surface area contributed by atoms with Gasteiger partial charge < -0.3 is 69.3 Å². The van der Waals surface area contributed by atoms with Gasteiger partial charge in [0.1, 0.15) is 64.8 Å². The zero-order valence-corrected chi connectivity index (χ0v) is 21.0. The van der Waals surface area contributed by atoms with E-state index in [0.717, 1.165) is 12.1 Å². The van der Waals surface area contributed by atoms with Gasteiger partial charge in [0.25, 0.3) is 0 Å². The van der Waals surface area contributed by atoms with Gasteiger partial charge in [-0.1, -0.05) is 0 Å². The summed E-state index contributed by atoms with van der Waals surface area (Å²) in [5.74, 6) is -2.02. The summed E-state index contributed by atoms with van der Waals surface area (Å²) in [5.41, 5.74) is -0.992. The summed E-state index contributed by atoms with van der Waals surface area (Å²) < 4.78 is 28.1. The Balaban J connectivity index is 1.60. The maximum atomic E-state index is 13.7. The van der Waals surface area contributed by atoms with Gasteiger partial charge in [0.05, 0.1) is 13.2 Å². The van der Waals surface area contributed by atoms with Crippen LogP contribution in [0.25, 0.3) is 22.3 Å². The first-order valence-corrected chi connectivity index (χ1v) is 12.4. The molecular weight excluding hydrogens is 552 g/mol. The number of aromatic hydroxyl groups is 3. The van der Waals surface area contributed by atoms with Gasteiger partial charge in [-0.2, -0.15) is 0 Å². The van der Waals surface area contributed by atoms with Crippen molar-refractivity contribution in [3.63, 3.8) is 0 Å². The smallest absolute Gasteiger partial charge is 0.239 e. The standard InChI is InChI=1S/C26H28O15/c27-7-15-18(33)20(35)24(41-25-21(36)17(32)13(31)8-37-25)26(39-15)40-23-19(34)16-12(30)5-11(29)6-14(16)38-22(23)9-1-3-10(28)4-2-9/h1-6,13,15,17-18,20-21,24-33,35-36H,7-8H2/t13-,15+,17+,18+,20-,21-,24+,25+,26-/m1/s1. The molecule has 15 heteroatoms. The summed E-state index contributed by atoms with van der Waals surface area (Å²) in [4.78, 5) is 13.7. The quantitative estimate of drug-likeness (QED) is 0.156. The molecule has 2 fully saturated rings. The lowest BCUT2D eigenvalue weighted by molar-refractivity contribution is -0.345.